The van der Waals surface area contributed by atoms with Gasteiger partial charge in [-0.3, -0.25) is 0 Å². The summed E-state index contributed by atoms with van der Waals surface area (Å²) < 4.78 is 1.52. The molecule has 2 rings (SSSR count). The zero-order valence-corrected chi connectivity index (χ0v) is 18.5. The van der Waals surface area contributed by atoms with Gasteiger partial charge in [0.1, 0.15) is 0 Å². The largest absolute Gasteiger partial charge is 0.0616 e. The second-order valence-corrected chi connectivity index (χ2v) is 7.89. The summed E-state index contributed by atoms with van der Waals surface area (Å²) in [6, 6.07) is 15.5. The number of halogens is 1. The first-order valence-corrected chi connectivity index (χ1v) is 10.7. The average molecular weight is 446 g/mol. The number of hydrogen-bond acceptors (Lipinski definition) is 0. The van der Waals surface area contributed by atoms with Crippen molar-refractivity contribution in [1.82, 2.24) is 0 Å². The molecule has 1 atom stereocenters. The highest BCUT2D eigenvalue weighted by molar-refractivity contribution is 14.1. The summed E-state index contributed by atoms with van der Waals surface area (Å²) in [7, 11) is 0. The Bertz CT molecular complexity index is 774. The average Bonchev–Trinajstić information content (AvgIpc) is 2.66. The van der Waals surface area contributed by atoms with Gasteiger partial charge < -0.3 is 0 Å². The molecule has 0 amide bonds. The van der Waals surface area contributed by atoms with Crippen molar-refractivity contribution in [1.29, 1.82) is 0 Å². The molecule has 0 spiro atoms. The number of fused-ring (bicyclic) bond motifs is 1. The van der Waals surface area contributed by atoms with E-state index in [2.05, 4.69) is 99.7 Å². The van der Waals surface area contributed by atoms with Crippen LogP contribution in [0.1, 0.15) is 71.8 Å². The summed E-state index contributed by atoms with van der Waals surface area (Å²) in [5, 5.41) is 2.74. The molecule has 2 aromatic rings. The minimum absolute atomic E-state index is 0.452. The molecular formula is C24H31I. The Balaban J connectivity index is 2.65. The van der Waals surface area contributed by atoms with Crippen LogP contribution in [-0.2, 0) is 0 Å². The summed E-state index contributed by atoms with van der Waals surface area (Å²) in [5.74, 6) is 0.452. The van der Waals surface area contributed by atoms with E-state index < -0.39 is 0 Å². The Hall–Kier alpha value is -1.09. The Kier molecular flexibility index (Phi) is 7.74. The third-order valence-corrected chi connectivity index (χ3v) is 6.70. The Morgan fingerprint density at radius 3 is 2.04 bits per heavy atom. The molecule has 134 valence electrons. The zero-order chi connectivity index (χ0) is 18.4. The smallest absolute Gasteiger partial charge is 0.00317 e. The van der Waals surface area contributed by atoms with E-state index in [4.69, 9.17) is 0 Å². The topological polar surface area (TPSA) is 0 Å². The minimum atomic E-state index is 0.452. The van der Waals surface area contributed by atoms with E-state index in [1.165, 1.54) is 19.9 Å². The summed E-state index contributed by atoms with van der Waals surface area (Å²) in [6.07, 6.45) is 4.49. The predicted molar refractivity (Wildman–Crippen MR) is 122 cm³/mol. The summed E-state index contributed by atoms with van der Waals surface area (Å²) in [6.45, 7) is 11.6. The molecule has 0 aliphatic rings. The second-order valence-electron chi connectivity index (χ2n) is 6.59. The number of hydrogen-bond donors (Lipinski definition) is 0. The van der Waals surface area contributed by atoms with Gasteiger partial charge in [-0.05, 0) is 79.3 Å². The van der Waals surface area contributed by atoms with Crippen LogP contribution in [0.25, 0.3) is 10.8 Å². The first kappa shape index (κ1) is 20.2. The highest BCUT2D eigenvalue weighted by Crippen LogP contribution is 2.38. The SMILES string of the molecule is CC/C(I)=C(CC)/C(CC)=C(/CC)C(C)c1cccc2ccccc12. The standard InChI is InChI=1S/C24H31I/c1-6-19(20(7-2)21(8-3)24(25)9-4)17(5)22-16-12-14-18-13-10-11-15-23(18)22/h10-17H,6-9H2,1-5H3/b20-19-,24-21-. The van der Waals surface area contributed by atoms with Gasteiger partial charge in [-0.25, -0.2) is 0 Å². The third-order valence-electron chi connectivity index (χ3n) is 5.29. The maximum Gasteiger partial charge on any atom is 0.00317 e. The molecule has 0 heterocycles. The van der Waals surface area contributed by atoms with Crippen molar-refractivity contribution in [3.63, 3.8) is 0 Å². The van der Waals surface area contributed by atoms with E-state index >= 15 is 0 Å². The lowest BCUT2D eigenvalue weighted by Gasteiger charge is -2.24. The third kappa shape index (κ3) is 4.36. The molecule has 0 fully saturated rings. The Morgan fingerprint density at radius 2 is 1.44 bits per heavy atom. The maximum atomic E-state index is 2.55. The maximum absolute atomic E-state index is 2.55. The lowest BCUT2D eigenvalue weighted by atomic mass is 9.82. The summed E-state index contributed by atoms with van der Waals surface area (Å²) >= 11 is 2.55. The zero-order valence-electron chi connectivity index (χ0n) is 16.3. The highest BCUT2D eigenvalue weighted by Gasteiger charge is 2.18. The van der Waals surface area contributed by atoms with Crippen LogP contribution < -0.4 is 0 Å². The van der Waals surface area contributed by atoms with E-state index in [-0.39, 0.29) is 0 Å². The van der Waals surface area contributed by atoms with Gasteiger partial charge in [-0.15, -0.1) is 0 Å². The minimum Gasteiger partial charge on any atom is -0.0616 e. The molecule has 0 nitrogen and oxygen atoms in total. The Morgan fingerprint density at radius 1 is 0.800 bits per heavy atom. The highest BCUT2D eigenvalue weighted by atomic mass is 127. The van der Waals surface area contributed by atoms with Gasteiger partial charge in [0.05, 0.1) is 0 Å². The fraction of sp³-hybridized carbons (Fsp3) is 0.417. The van der Waals surface area contributed by atoms with Crippen molar-refractivity contribution in [2.75, 3.05) is 0 Å². The van der Waals surface area contributed by atoms with Crippen molar-refractivity contribution in [3.8, 4) is 0 Å². The number of allylic oxidation sites excluding steroid dienone is 4. The Labute approximate surface area is 167 Å². The van der Waals surface area contributed by atoms with Gasteiger partial charge in [-0.2, -0.15) is 0 Å². The molecule has 0 bridgehead atoms. The van der Waals surface area contributed by atoms with Crippen LogP contribution in [0.5, 0.6) is 0 Å². The van der Waals surface area contributed by atoms with Crippen LogP contribution in [0.2, 0.25) is 0 Å². The lowest BCUT2D eigenvalue weighted by Crippen LogP contribution is -2.05. The van der Waals surface area contributed by atoms with Crippen LogP contribution >= 0.6 is 22.6 Å². The van der Waals surface area contributed by atoms with Crippen LogP contribution in [0.15, 0.2) is 62.8 Å². The first-order valence-electron chi connectivity index (χ1n) is 9.66. The van der Waals surface area contributed by atoms with Gasteiger partial charge in [0.2, 0.25) is 0 Å². The summed E-state index contributed by atoms with van der Waals surface area (Å²) in [4.78, 5) is 0. The molecular weight excluding hydrogens is 415 g/mol. The van der Waals surface area contributed by atoms with Crippen LogP contribution in [0.3, 0.4) is 0 Å². The van der Waals surface area contributed by atoms with Crippen LogP contribution in [-0.4, -0.2) is 0 Å². The molecule has 2 aromatic carbocycles. The van der Waals surface area contributed by atoms with Gasteiger partial charge in [-0.1, -0.05) is 82.7 Å². The van der Waals surface area contributed by atoms with Gasteiger partial charge in [0.25, 0.3) is 0 Å². The molecule has 0 N–H and O–H groups in total. The van der Waals surface area contributed by atoms with Crippen molar-refractivity contribution in [3.05, 3.63) is 68.3 Å². The van der Waals surface area contributed by atoms with E-state index in [1.807, 2.05) is 0 Å². The quantitative estimate of drug-likeness (QED) is 0.295. The molecule has 0 aliphatic heterocycles. The van der Waals surface area contributed by atoms with E-state index in [1.54, 1.807) is 16.7 Å². The van der Waals surface area contributed by atoms with E-state index in [0.29, 0.717) is 5.92 Å². The second kappa shape index (κ2) is 9.56. The molecule has 0 aromatic heterocycles. The number of rotatable bonds is 7. The fourth-order valence-corrected chi connectivity index (χ4v) is 4.72. The van der Waals surface area contributed by atoms with E-state index in [9.17, 15) is 0 Å². The van der Waals surface area contributed by atoms with Crippen molar-refractivity contribution in [2.24, 2.45) is 0 Å². The molecule has 1 heteroatoms. The van der Waals surface area contributed by atoms with Crippen molar-refractivity contribution >= 4 is 33.4 Å². The van der Waals surface area contributed by atoms with Gasteiger partial charge >= 0.3 is 0 Å². The van der Waals surface area contributed by atoms with Gasteiger partial charge in [0, 0.05) is 5.92 Å². The lowest BCUT2D eigenvalue weighted by molar-refractivity contribution is 0.806. The van der Waals surface area contributed by atoms with Crippen molar-refractivity contribution < 1.29 is 0 Å². The van der Waals surface area contributed by atoms with Crippen molar-refractivity contribution in [2.45, 2.75) is 66.2 Å². The molecule has 0 saturated heterocycles. The van der Waals surface area contributed by atoms with Gasteiger partial charge in [0.15, 0.2) is 0 Å². The normalized spacial score (nSPS) is 15.0. The number of benzene rings is 2. The molecule has 1 unspecified atom stereocenters. The van der Waals surface area contributed by atoms with E-state index in [0.717, 1.165) is 25.7 Å². The molecule has 0 saturated carbocycles. The monoisotopic (exact) mass is 446 g/mol. The molecule has 0 radical (unpaired) electrons. The molecule has 0 aliphatic carbocycles. The van der Waals surface area contributed by atoms with Crippen LogP contribution in [0.4, 0.5) is 0 Å². The molecule has 25 heavy (non-hydrogen) atoms. The fourth-order valence-electron chi connectivity index (χ4n) is 4.01. The summed E-state index contributed by atoms with van der Waals surface area (Å²) in [5.41, 5.74) is 6.24. The predicted octanol–water partition coefficient (Wildman–Crippen LogP) is 8.57. The van der Waals surface area contributed by atoms with Crippen LogP contribution in [0, 0.1) is 0 Å². The first-order chi connectivity index (χ1) is 12.1.